The minimum absolute atomic E-state index is 0.136. The molecule has 2 N–H and O–H groups in total. The van der Waals surface area contributed by atoms with Crippen LogP contribution in [0.25, 0.3) is 0 Å². The first-order chi connectivity index (χ1) is 10.6. The lowest BCUT2D eigenvalue weighted by atomic mass is 10.1. The summed E-state index contributed by atoms with van der Waals surface area (Å²) in [5, 5.41) is 6.04. The highest BCUT2D eigenvalue weighted by molar-refractivity contribution is 7.98. The van der Waals surface area contributed by atoms with Crippen LogP contribution < -0.4 is 10.6 Å². The lowest BCUT2D eigenvalue weighted by Crippen LogP contribution is -2.47. The fourth-order valence-electron chi connectivity index (χ4n) is 1.90. The number of rotatable bonds is 9. The smallest absolute Gasteiger partial charge is 0.253 e. The van der Waals surface area contributed by atoms with E-state index in [1.54, 1.807) is 36.0 Å². The van der Waals surface area contributed by atoms with E-state index in [9.17, 15) is 9.59 Å². The second kappa shape index (κ2) is 10.5. The van der Waals surface area contributed by atoms with Crippen LogP contribution in [0, 0.1) is 0 Å². The number of carbonyl (C=O) groups is 2. The van der Waals surface area contributed by atoms with Gasteiger partial charge in [0.25, 0.3) is 5.91 Å². The van der Waals surface area contributed by atoms with Crippen LogP contribution in [-0.4, -0.2) is 36.4 Å². The largest absolute Gasteiger partial charge is 0.354 e. The molecular weight excluding hydrogens is 320 g/mol. The second-order valence-electron chi connectivity index (χ2n) is 4.93. The number of unbranched alkanes of at least 4 members (excludes halogenated alkanes) is 1. The van der Waals surface area contributed by atoms with Gasteiger partial charge in [-0.25, -0.2) is 0 Å². The molecule has 0 aromatic heterocycles. The third-order valence-corrected chi connectivity index (χ3v) is 4.15. The average Bonchev–Trinajstić information content (AvgIpc) is 2.51. The topological polar surface area (TPSA) is 58.2 Å². The molecule has 0 fully saturated rings. The van der Waals surface area contributed by atoms with Crippen molar-refractivity contribution in [3.63, 3.8) is 0 Å². The van der Waals surface area contributed by atoms with Gasteiger partial charge in [0.2, 0.25) is 5.91 Å². The quantitative estimate of drug-likeness (QED) is 0.678. The van der Waals surface area contributed by atoms with E-state index >= 15 is 0 Å². The molecule has 0 spiro atoms. The van der Waals surface area contributed by atoms with E-state index in [0.717, 1.165) is 18.6 Å². The average molecular weight is 343 g/mol. The van der Waals surface area contributed by atoms with Crippen molar-refractivity contribution >= 4 is 35.2 Å². The molecule has 0 saturated carbocycles. The van der Waals surface area contributed by atoms with Gasteiger partial charge in [-0.05, 0) is 37.0 Å². The molecule has 0 aliphatic carbocycles. The zero-order chi connectivity index (χ0) is 16.4. The SMILES string of the molecule is CCCCNC(=O)C(CCSC)NC(=O)c1ccccc1Cl. The summed E-state index contributed by atoms with van der Waals surface area (Å²) in [7, 11) is 0. The number of nitrogens with one attached hydrogen (secondary N) is 2. The Bertz CT molecular complexity index is 497. The molecule has 0 heterocycles. The van der Waals surface area contributed by atoms with Crippen molar-refractivity contribution in [2.45, 2.75) is 32.2 Å². The molecule has 1 unspecified atom stereocenters. The molecule has 0 radical (unpaired) electrons. The summed E-state index contributed by atoms with van der Waals surface area (Å²) in [6.45, 7) is 2.70. The Labute approximate surface area is 141 Å². The summed E-state index contributed by atoms with van der Waals surface area (Å²) < 4.78 is 0. The van der Waals surface area contributed by atoms with Crippen molar-refractivity contribution in [2.24, 2.45) is 0 Å². The standard InChI is InChI=1S/C16H23ClN2O2S/c1-3-4-10-18-16(21)14(9-11-22-2)19-15(20)12-7-5-6-8-13(12)17/h5-8,14H,3-4,9-11H2,1-2H3,(H,18,21)(H,19,20). The van der Waals surface area contributed by atoms with Crippen molar-refractivity contribution in [1.29, 1.82) is 0 Å². The Hall–Kier alpha value is -1.20. The summed E-state index contributed by atoms with van der Waals surface area (Å²) >= 11 is 7.67. The Kier molecular flexibility index (Phi) is 9.01. The molecule has 1 atom stereocenters. The van der Waals surface area contributed by atoms with Crippen molar-refractivity contribution in [2.75, 3.05) is 18.6 Å². The van der Waals surface area contributed by atoms with Crippen molar-refractivity contribution in [1.82, 2.24) is 10.6 Å². The van der Waals surface area contributed by atoms with Gasteiger partial charge in [-0.3, -0.25) is 9.59 Å². The molecule has 2 amide bonds. The first-order valence-corrected chi connectivity index (χ1v) is 9.19. The number of carbonyl (C=O) groups excluding carboxylic acids is 2. The van der Waals surface area contributed by atoms with E-state index in [2.05, 4.69) is 17.6 Å². The molecule has 1 aromatic rings. The first-order valence-electron chi connectivity index (χ1n) is 7.42. The number of benzene rings is 1. The van der Waals surface area contributed by atoms with Crippen LogP contribution in [0.2, 0.25) is 5.02 Å². The zero-order valence-electron chi connectivity index (χ0n) is 13.0. The summed E-state index contributed by atoms with van der Waals surface area (Å²) in [5.74, 6) is 0.347. The third kappa shape index (κ3) is 6.28. The van der Waals surface area contributed by atoms with Gasteiger partial charge in [0.1, 0.15) is 6.04 Å². The van der Waals surface area contributed by atoms with E-state index in [-0.39, 0.29) is 11.8 Å². The summed E-state index contributed by atoms with van der Waals surface area (Å²) in [6.07, 6.45) is 4.51. The van der Waals surface area contributed by atoms with E-state index in [1.165, 1.54) is 0 Å². The molecule has 22 heavy (non-hydrogen) atoms. The van der Waals surface area contributed by atoms with Crippen molar-refractivity contribution < 1.29 is 9.59 Å². The van der Waals surface area contributed by atoms with E-state index in [0.29, 0.717) is 23.6 Å². The molecule has 122 valence electrons. The number of thioether (sulfide) groups is 1. The summed E-state index contributed by atoms with van der Waals surface area (Å²) in [5.41, 5.74) is 0.389. The highest BCUT2D eigenvalue weighted by Gasteiger charge is 2.21. The monoisotopic (exact) mass is 342 g/mol. The van der Waals surface area contributed by atoms with Crippen LogP contribution in [0.4, 0.5) is 0 Å². The number of halogens is 1. The predicted octanol–water partition coefficient (Wildman–Crippen LogP) is 3.11. The lowest BCUT2D eigenvalue weighted by Gasteiger charge is -2.18. The maximum Gasteiger partial charge on any atom is 0.253 e. The minimum atomic E-state index is -0.534. The van der Waals surface area contributed by atoms with Crippen LogP contribution in [0.5, 0.6) is 0 Å². The van der Waals surface area contributed by atoms with Gasteiger partial charge >= 0.3 is 0 Å². The van der Waals surface area contributed by atoms with Gasteiger partial charge in [-0.2, -0.15) is 11.8 Å². The molecule has 1 aromatic carbocycles. The fourth-order valence-corrected chi connectivity index (χ4v) is 2.59. The Balaban J connectivity index is 2.69. The lowest BCUT2D eigenvalue weighted by molar-refractivity contribution is -0.123. The number of hydrogen-bond acceptors (Lipinski definition) is 3. The maximum atomic E-state index is 12.3. The second-order valence-corrected chi connectivity index (χ2v) is 6.32. The molecule has 0 bridgehead atoms. The van der Waals surface area contributed by atoms with Gasteiger partial charge < -0.3 is 10.6 Å². The summed E-state index contributed by atoms with van der Waals surface area (Å²) in [6, 6.07) is 6.29. The van der Waals surface area contributed by atoms with Crippen LogP contribution >= 0.6 is 23.4 Å². The Morgan fingerprint density at radius 3 is 2.68 bits per heavy atom. The fraction of sp³-hybridized carbons (Fsp3) is 0.500. The number of hydrogen-bond donors (Lipinski definition) is 2. The highest BCUT2D eigenvalue weighted by Crippen LogP contribution is 2.15. The molecular formula is C16H23ClN2O2S. The van der Waals surface area contributed by atoms with E-state index < -0.39 is 6.04 Å². The van der Waals surface area contributed by atoms with Crippen molar-refractivity contribution in [3.8, 4) is 0 Å². The molecule has 0 aliphatic heterocycles. The van der Waals surface area contributed by atoms with Crippen molar-refractivity contribution in [3.05, 3.63) is 34.9 Å². The minimum Gasteiger partial charge on any atom is -0.354 e. The zero-order valence-corrected chi connectivity index (χ0v) is 14.6. The van der Waals surface area contributed by atoms with Crippen LogP contribution in [-0.2, 0) is 4.79 Å². The maximum absolute atomic E-state index is 12.3. The highest BCUT2D eigenvalue weighted by atomic mass is 35.5. The van der Waals surface area contributed by atoms with Crippen LogP contribution in [0.3, 0.4) is 0 Å². The van der Waals surface area contributed by atoms with Gasteiger partial charge in [0.05, 0.1) is 10.6 Å². The van der Waals surface area contributed by atoms with E-state index in [4.69, 9.17) is 11.6 Å². The van der Waals surface area contributed by atoms with Gasteiger partial charge in [0, 0.05) is 6.54 Å². The molecule has 6 heteroatoms. The Morgan fingerprint density at radius 2 is 2.05 bits per heavy atom. The first kappa shape index (κ1) is 18.8. The Morgan fingerprint density at radius 1 is 1.32 bits per heavy atom. The molecule has 1 rings (SSSR count). The van der Waals surface area contributed by atoms with Crippen LogP contribution in [0.15, 0.2) is 24.3 Å². The molecule has 0 aliphatic rings. The predicted molar refractivity (Wildman–Crippen MR) is 93.6 cm³/mol. The van der Waals surface area contributed by atoms with Gasteiger partial charge in [0.15, 0.2) is 0 Å². The van der Waals surface area contributed by atoms with Gasteiger partial charge in [-0.15, -0.1) is 0 Å². The third-order valence-electron chi connectivity index (χ3n) is 3.18. The normalized spacial score (nSPS) is 11.8. The summed E-state index contributed by atoms with van der Waals surface area (Å²) in [4.78, 5) is 24.5. The van der Waals surface area contributed by atoms with Gasteiger partial charge in [-0.1, -0.05) is 37.1 Å². The molecule has 4 nitrogen and oxygen atoms in total. The number of amides is 2. The molecule has 0 saturated heterocycles. The van der Waals surface area contributed by atoms with E-state index in [1.807, 2.05) is 6.26 Å². The van der Waals surface area contributed by atoms with Crippen LogP contribution in [0.1, 0.15) is 36.5 Å².